The Bertz CT molecular complexity index is 873. The molecule has 0 spiro atoms. The molecule has 1 amide bonds. The molecule has 2 aliphatic rings. The average molecular weight is 383 g/mol. The number of hydrogen-bond donors (Lipinski definition) is 1. The highest BCUT2D eigenvalue weighted by Crippen LogP contribution is 2.45. The standard InChI is InChI=1S/C22H25NO5/c1-25-17-7-5-15(13-19(17)26-2)22(9-3-4-10-22)21(24)23-16-6-8-18-20(14-16)28-12-11-27-18/h5-8,13-14H,3-4,9-12H2,1-2H3,(H,23,24). The zero-order valence-electron chi connectivity index (χ0n) is 16.2. The van der Waals surface area contributed by atoms with Gasteiger partial charge in [-0.2, -0.15) is 0 Å². The Kier molecular flexibility index (Phi) is 5.03. The second-order valence-corrected chi connectivity index (χ2v) is 7.17. The summed E-state index contributed by atoms with van der Waals surface area (Å²) in [6, 6.07) is 11.3. The Morgan fingerprint density at radius 2 is 1.64 bits per heavy atom. The molecule has 1 N–H and O–H groups in total. The molecule has 0 unspecified atom stereocenters. The van der Waals surface area contributed by atoms with Crippen molar-refractivity contribution in [2.24, 2.45) is 0 Å². The van der Waals surface area contributed by atoms with Gasteiger partial charge in [-0.1, -0.05) is 18.9 Å². The summed E-state index contributed by atoms with van der Waals surface area (Å²) in [5.74, 6) is 2.66. The first-order valence-electron chi connectivity index (χ1n) is 9.60. The van der Waals surface area contributed by atoms with Gasteiger partial charge in [-0.3, -0.25) is 4.79 Å². The van der Waals surface area contributed by atoms with E-state index in [4.69, 9.17) is 18.9 Å². The van der Waals surface area contributed by atoms with Crippen molar-refractivity contribution in [1.82, 2.24) is 0 Å². The number of carbonyl (C=O) groups is 1. The fourth-order valence-corrected chi connectivity index (χ4v) is 4.13. The maximum atomic E-state index is 13.4. The van der Waals surface area contributed by atoms with Crippen LogP contribution in [-0.2, 0) is 10.2 Å². The first-order chi connectivity index (χ1) is 13.7. The van der Waals surface area contributed by atoms with Crippen LogP contribution in [0.25, 0.3) is 0 Å². The number of ether oxygens (including phenoxy) is 4. The minimum atomic E-state index is -0.577. The largest absolute Gasteiger partial charge is 0.493 e. The van der Waals surface area contributed by atoms with E-state index in [0.29, 0.717) is 41.9 Å². The molecule has 148 valence electrons. The monoisotopic (exact) mass is 383 g/mol. The molecule has 1 aliphatic carbocycles. The van der Waals surface area contributed by atoms with Gasteiger partial charge in [-0.25, -0.2) is 0 Å². The highest BCUT2D eigenvalue weighted by atomic mass is 16.6. The highest BCUT2D eigenvalue weighted by Gasteiger charge is 2.43. The maximum absolute atomic E-state index is 13.4. The van der Waals surface area contributed by atoms with Gasteiger partial charge in [0.15, 0.2) is 23.0 Å². The minimum absolute atomic E-state index is 0.00565. The minimum Gasteiger partial charge on any atom is -0.493 e. The lowest BCUT2D eigenvalue weighted by Gasteiger charge is -2.29. The van der Waals surface area contributed by atoms with Gasteiger partial charge in [0, 0.05) is 11.8 Å². The molecular weight excluding hydrogens is 358 g/mol. The van der Waals surface area contributed by atoms with Crippen molar-refractivity contribution in [3.05, 3.63) is 42.0 Å². The normalized spacial score (nSPS) is 17.1. The summed E-state index contributed by atoms with van der Waals surface area (Å²) in [4.78, 5) is 13.4. The van der Waals surface area contributed by atoms with Crippen molar-refractivity contribution in [3.8, 4) is 23.0 Å². The van der Waals surface area contributed by atoms with E-state index >= 15 is 0 Å². The first-order valence-corrected chi connectivity index (χ1v) is 9.60. The predicted octanol–water partition coefficient (Wildman–Crippen LogP) is 3.93. The maximum Gasteiger partial charge on any atom is 0.235 e. The molecule has 0 aromatic heterocycles. The van der Waals surface area contributed by atoms with E-state index in [1.165, 1.54) is 0 Å². The van der Waals surface area contributed by atoms with E-state index < -0.39 is 5.41 Å². The summed E-state index contributed by atoms with van der Waals surface area (Å²) < 4.78 is 22.0. The van der Waals surface area contributed by atoms with Crippen LogP contribution in [0.1, 0.15) is 31.2 Å². The third-order valence-electron chi connectivity index (χ3n) is 5.63. The number of benzene rings is 2. The van der Waals surface area contributed by atoms with Crippen molar-refractivity contribution < 1.29 is 23.7 Å². The van der Waals surface area contributed by atoms with Crippen molar-refractivity contribution in [2.75, 3.05) is 32.8 Å². The van der Waals surface area contributed by atoms with E-state index in [9.17, 15) is 4.79 Å². The summed E-state index contributed by atoms with van der Waals surface area (Å²) in [7, 11) is 3.22. The second kappa shape index (κ2) is 7.62. The lowest BCUT2D eigenvalue weighted by molar-refractivity contribution is -0.121. The van der Waals surface area contributed by atoms with Crippen LogP contribution in [0.15, 0.2) is 36.4 Å². The zero-order valence-corrected chi connectivity index (χ0v) is 16.2. The third-order valence-corrected chi connectivity index (χ3v) is 5.63. The molecule has 2 aromatic carbocycles. The first kappa shape index (κ1) is 18.5. The SMILES string of the molecule is COc1ccc(C2(C(=O)Nc3ccc4c(c3)OCCO4)CCCC2)cc1OC. The van der Waals surface area contributed by atoms with Crippen LogP contribution in [0.2, 0.25) is 0 Å². The molecule has 1 saturated carbocycles. The number of nitrogens with one attached hydrogen (secondary N) is 1. The van der Waals surface area contributed by atoms with Crippen LogP contribution in [0.5, 0.6) is 23.0 Å². The molecule has 1 heterocycles. The smallest absolute Gasteiger partial charge is 0.235 e. The van der Waals surface area contributed by atoms with Crippen LogP contribution < -0.4 is 24.3 Å². The molecule has 6 nitrogen and oxygen atoms in total. The van der Waals surface area contributed by atoms with Crippen LogP contribution in [0, 0.1) is 0 Å². The molecule has 0 bridgehead atoms. The molecule has 4 rings (SSSR count). The summed E-state index contributed by atoms with van der Waals surface area (Å²) in [6.45, 7) is 1.06. The van der Waals surface area contributed by atoms with Crippen molar-refractivity contribution in [1.29, 1.82) is 0 Å². The van der Waals surface area contributed by atoms with Gasteiger partial charge in [0.05, 0.1) is 19.6 Å². The van der Waals surface area contributed by atoms with Crippen LogP contribution in [-0.4, -0.2) is 33.3 Å². The average Bonchev–Trinajstić information content (AvgIpc) is 3.24. The summed E-state index contributed by atoms with van der Waals surface area (Å²) in [5, 5.41) is 3.09. The van der Waals surface area contributed by atoms with E-state index in [2.05, 4.69) is 5.32 Å². The number of hydrogen-bond acceptors (Lipinski definition) is 5. The lowest BCUT2D eigenvalue weighted by Crippen LogP contribution is -2.38. The number of rotatable bonds is 5. The lowest BCUT2D eigenvalue weighted by atomic mass is 9.77. The number of carbonyl (C=O) groups excluding carboxylic acids is 1. The van der Waals surface area contributed by atoms with E-state index in [1.807, 2.05) is 36.4 Å². The van der Waals surface area contributed by atoms with E-state index in [1.54, 1.807) is 14.2 Å². The van der Waals surface area contributed by atoms with E-state index in [0.717, 1.165) is 31.2 Å². The van der Waals surface area contributed by atoms with Gasteiger partial charge in [0.2, 0.25) is 5.91 Å². The fourth-order valence-electron chi connectivity index (χ4n) is 4.13. The second-order valence-electron chi connectivity index (χ2n) is 7.17. The molecule has 1 aliphatic heterocycles. The quantitative estimate of drug-likeness (QED) is 0.848. The number of fused-ring (bicyclic) bond motifs is 1. The van der Waals surface area contributed by atoms with E-state index in [-0.39, 0.29) is 5.91 Å². The molecule has 6 heteroatoms. The Labute approximate surface area is 164 Å². The Hall–Kier alpha value is -2.89. The number of amides is 1. The van der Waals surface area contributed by atoms with Gasteiger partial charge < -0.3 is 24.3 Å². The van der Waals surface area contributed by atoms with Gasteiger partial charge >= 0.3 is 0 Å². The topological polar surface area (TPSA) is 66.0 Å². The molecule has 2 aromatic rings. The zero-order chi connectivity index (χ0) is 19.6. The van der Waals surface area contributed by atoms with Crippen molar-refractivity contribution in [3.63, 3.8) is 0 Å². The van der Waals surface area contributed by atoms with Crippen molar-refractivity contribution >= 4 is 11.6 Å². The molecule has 0 radical (unpaired) electrons. The van der Waals surface area contributed by atoms with Gasteiger partial charge in [-0.05, 0) is 42.7 Å². The Morgan fingerprint density at radius 1 is 0.929 bits per heavy atom. The molecule has 1 fully saturated rings. The summed E-state index contributed by atoms with van der Waals surface area (Å²) in [6.07, 6.45) is 3.64. The molecule has 0 atom stereocenters. The molecule has 0 saturated heterocycles. The van der Waals surface area contributed by atoms with Gasteiger partial charge in [0.25, 0.3) is 0 Å². The van der Waals surface area contributed by atoms with Crippen LogP contribution in [0.3, 0.4) is 0 Å². The number of methoxy groups -OCH3 is 2. The molecular formula is C22H25NO5. The van der Waals surface area contributed by atoms with Gasteiger partial charge in [0.1, 0.15) is 13.2 Å². The summed E-state index contributed by atoms with van der Waals surface area (Å²) >= 11 is 0. The highest BCUT2D eigenvalue weighted by molar-refractivity contribution is 5.99. The van der Waals surface area contributed by atoms with Crippen molar-refractivity contribution in [2.45, 2.75) is 31.1 Å². The fraction of sp³-hybridized carbons (Fsp3) is 0.409. The number of anilines is 1. The van der Waals surface area contributed by atoms with Crippen LogP contribution in [0.4, 0.5) is 5.69 Å². The third kappa shape index (κ3) is 3.23. The Morgan fingerprint density at radius 3 is 2.36 bits per heavy atom. The predicted molar refractivity (Wildman–Crippen MR) is 106 cm³/mol. The Balaban J connectivity index is 1.63. The van der Waals surface area contributed by atoms with Gasteiger partial charge in [-0.15, -0.1) is 0 Å². The molecule has 28 heavy (non-hydrogen) atoms. The summed E-state index contributed by atoms with van der Waals surface area (Å²) in [5.41, 5.74) is 1.09. The van der Waals surface area contributed by atoms with Crippen LogP contribution >= 0.6 is 0 Å².